The highest BCUT2D eigenvalue weighted by Gasteiger charge is 2.38. The summed E-state index contributed by atoms with van der Waals surface area (Å²) in [5, 5.41) is 20.4. The highest BCUT2D eigenvalue weighted by molar-refractivity contribution is 5.56. The Balaban J connectivity index is 1.26. The zero-order valence-corrected chi connectivity index (χ0v) is 17.9. The summed E-state index contributed by atoms with van der Waals surface area (Å²) in [5.74, 6) is 0.00102. The number of hydrogen-bond acceptors (Lipinski definition) is 7. The fourth-order valence-electron chi connectivity index (χ4n) is 4.39. The summed E-state index contributed by atoms with van der Waals surface area (Å²) in [7, 11) is 0. The molecule has 0 saturated carbocycles. The summed E-state index contributed by atoms with van der Waals surface area (Å²) in [6, 6.07) is 17.7. The molecular formula is C24H29NO7. The normalized spacial score (nSPS) is 23.0. The van der Waals surface area contributed by atoms with Crippen molar-refractivity contribution in [2.24, 2.45) is 0 Å². The predicted molar refractivity (Wildman–Crippen MR) is 115 cm³/mol. The Bertz CT molecular complexity index is 868. The van der Waals surface area contributed by atoms with Crippen molar-refractivity contribution < 1.29 is 34.1 Å². The first kappa shape index (κ1) is 22.5. The van der Waals surface area contributed by atoms with E-state index in [1.54, 1.807) is 0 Å². The van der Waals surface area contributed by atoms with E-state index in [2.05, 4.69) is 4.84 Å². The van der Waals surface area contributed by atoms with E-state index in [9.17, 15) is 9.90 Å². The first-order valence-electron chi connectivity index (χ1n) is 11.0. The molecule has 4 rings (SSSR count). The van der Waals surface area contributed by atoms with Crippen LogP contribution in [0.2, 0.25) is 0 Å². The number of benzene rings is 2. The van der Waals surface area contributed by atoms with E-state index < -0.39 is 18.0 Å². The number of carbonyl (C=O) groups is 1. The Labute approximate surface area is 187 Å². The third kappa shape index (κ3) is 5.39. The Morgan fingerprint density at radius 1 is 1.09 bits per heavy atom. The van der Waals surface area contributed by atoms with Crippen LogP contribution in [-0.2, 0) is 20.1 Å². The van der Waals surface area contributed by atoms with E-state index in [1.807, 2.05) is 54.6 Å². The van der Waals surface area contributed by atoms with Gasteiger partial charge >= 0.3 is 6.16 Å². The lowest BCUT2D eigenvalue weighted by Gasteiger charge is -2.34. The monoisotopic (exact) mass is 443 g/mol. The van der Waals surface area contributed by atoms with Gasteiger partial charge in [-0.15, -0.1) is 5.06 Å². The van der Waals surface area contributed by atoms with Gasteiger partial charge in [0.2, 0.25) is 0 Å². The predicted octanol–water partition coefficient (Wildman–Crippen LogP) is 3.51. The van der Waals surface area contributed by atoms with E-state index in [0.717, 1.165) is 23.3 Å². The first-order chi connectivity index (χ1) is 15.6. The molecule has 2 atom stereocenters. The lowest BCUT2D eigenvalue weighted by Crippen LogP contribution is -2.43. The number of ether oxygens (including phenoxy) is 3. The molecule has 32 heavy (non-hydrogen) atoms. The number of β-amino-alcohol motifs (C(OH)–C–C–N with tert-alkyl or cyclic N) is 1. The van der Waals surface area contributed by atoms with Gasteiger partial charge in [-0.05, 0) is 30.5 Å². The van der Waals surface area contributed by atoms with Gasteiger partial charge in [-0.25, -0.2) is 4.79 Å². The van der Waals surface area contributed by atoms with E-state index >= 15 is 0 Å². The van der Waals surface area contributed by atoms with Crippen LogP contribution < -0.4 is 4.74 Å². The molecular weight excluding hydrogens is 414 g/mol. The van der Waals surface area contributed by atoms with Gasteiger partial charge in [-0.1, -0.05) is 42.5 Å². The van der Waals surface area contributed by atoms with Gasteiger partial charge in [-0.3, -0.25) is 0 Å². The number of piperidine rings is 1. The second-order valence-corrected chi connectivity index (χ2v) is 8.04. The number of aliphatic hydroxyl groups excluding tert-OH is 1. The highest BCUT2D eigenvalue weighted by Crippen LogP contribution is 2.36. The molecule has 2 aliphatic rings. The maximum atomic E-state index is 10.7. The Kier molecular flexibility index (Phi) is 7.26. The molecule has 2 aromatic rings. The quantitative estimate of drug-likeness (QED) is 0.599. The van der Waals surface area contributed by atoms with Gasteiger partial charge < -0.3 is 29.3 Å². The summed E-state index contributed by atoms with van der Waals surface area (Å²) >= 11 is 0. The van der Waals surface area contributed by atoms with Gasteiger partial charge in [0.05, 0.1) is 32.5 Å². The molecule has 2 aliphatic heterocycles. The lowest BCUT2D eigenvalue weighted by atomic mass is 9.88. The van der Waals surface area contributed by atoms with E-state index in [0.29, 0.717) is 39.2 Å². The molecule has 2 aromatic carbocycles. The van der Waals surface area contributed by atoms with Crippen LogP contribution in [0.15, 0.2) is 54.6 Å². The average molecular weight is 443 g/mol. The van der Waals surface area contributed by atoms with Crippen LogP contribution in [0.1, 0.15) is 36.3 Å². The Hall–Kier alpha value is -2.65. The number of nitrogens with zero attached hydrogens (tertiary/aromatic N) is 1. The minimum Gasteiger partial charge on any atom is -0.494 e. The number of hydrogen-bond donors (Lipinski definition) is 2. The topological polar surface area (TPSA) is 97.7 Å². The fourth-order valence-corrected chi connectivity index (χ4v) is 4.39. The van der Waals surface area contributed by atoms with Crippen LogP contribution in [0.25, 0.3) is 0 Å². The third-order valence-corrected chi connectivity index (χ3v) is 5.95. The highest BCUT2D eigenvalue weighted by atomic mass is 16.8. The first-order valence-corrected chi connectivity index (χ1v) is 11.0. The van der Waals surface area contributed by atoms with Gasteiger partial charge in [-0.2, -0.15) is 0 Å². The molecule has 8 nitrogen and oxygen atoms in total. The van der Waals surface area contributed by atoms with Crippen molar-refractivity contribution in [2.75, 3.05) is 32.9 Å². The molecule has 2 heterocycles. The summed E-state index contributed by atoms with van der Waals surface area (Å²) < 4.78 is 17.8. The largest absolute Gasteiger partial charge is 0.525 e. The zero-order valence-electron chi connectivity index (χ0n) is 17.9. The lowest BCUT2D eigenvalue weighted by molar-refractivity contribution is -0.172. The summed E-state index contributed by atoms with van der Waals surface area (Å²) in [5.41, 5.74) is 2.02. The SMILES string of the molecule is O=C(O)ON1CCC(c2ccc(OCCCC3(c4ccccc4)OCCO3)cc2)C(O)C1. The molecule has 0 bridgehead atoms. The fraction of sp³-hybridized carbons (Fsp3) is 0.458. The van der Waals surface area contributed by atoms with Crippen LogP contribution in [0.3, 0.4) is 0 Å². The molecule has 2 unspecified atom stereocenters. The molecule has 0 radical (unpaired) electrons. The van der Waals surface area contributed by atoms with Crippen molar-refractivity contribution in [3.8, 4) is 5.75 Å². The smallest absolute Gasteiger partial charge is 0.494 e. The zero-order chi connectivity index (χ0) is 22.4. The molecule has 0 aromatic heterocycles. The van der Waals surface area contributed by atoms with Crippen molar-refractivity contribution in [1.82, 2.24) is 5.06 Å². The van der Waals surface area contributed by atoms with Gasteiger partial charge in [0.15, 0.2) is 5.79 Å². The third-order valence-electron chi connectivity index (χ3n) is 5.95. The maximum absolute atomic E-state index is 10.7. The van der Waals surface area contributed by atoms with Crippen LogP contribution in [0.5, 0.6) is 5.75 Å². The summed E-state index contributed by atoms with van der Waals surface area (Å²) in [6.45, 7) is 2.31. The van der Waals surface area contributed by atoms with Crippen LogP contribution in [0, 0.1) is 0 Å². The summed E-state index contributed by atoms with van der Waals surface area (Å²) in [4.78, 5) is 15.3. The molecule has 0 aliphatic carbocycles. The standard InChI is InChI=1S/C24H29NO7/c26-22-17-25(32-23(27)28)13-11-21(22)18-7-9-20(10-8-18)29-14-4-12-24(30-15-16-31-24)19-5-2-1-3-6-19/h1-3,5-10,21-22,26H,4,11-17H2,(H,27,28). The van der Waals surface area contributed by atoms with Crippen LogP contribution in [0.4, 0.5) is 4.79 Å². The Morgan fingerprint density at radius 2 is 1.81 bits per heavy atom. The number of hydroxylamine groups is 2. The number of carboxylic acid groups (broad SMARTS) is 1. The Morgan fingerprint density at radius 3 is 2.47 bits per heavy atom. The van der Waals surface area contributed by atoms with Crippen molar-refractivity contribution in [2.45, 2.75) is 37.1 Å². The van der Waals surface area contributed by atoms with Crippen molar-refractivity contribution >= 4 is 6.16 Å². The number of aliphatic hydroxyl groups is 1. The van der Waals surface area contributed by atoms with Crippen LogP contribution in [-0.4, -0.2) is 60.4 Å². The van der Waals surface area contributed by atoms with Gasteiger partial charge in [0, 0.05) is 24.4 Å². The van der Waals surface area contributed by atoms with E-state index in [1.165, 1.54) is 5.06 Å². The number of rotatable bonds is 8. The molecule has 8 heteroatoms. The van der Waals surface area contributed by atoms with Crippen molar-refractivity contribution in [1.29, 1.82) is 0 Å². The van der Waals surface area contributed by atoms with E-state index in [4.69, 9.17) is 19.3 Å². The van der Waals surface area contributed by atoms with Crippen LogP contribution >= 0.6 is 0 Å². The minimum atomic E-state index is -1.36. The van der Waals surface area contributed by atoms with Crippen molar-refractivity contribution in [3.05, 3.63) is 65.7 Å². The second-order valence-electron chi connectivity index (χ2n) is 8.04. The molecule has 2 saturated heterocycles. The molecule has 0 spiro atoms. The molecule has 2 fully saturated rings. The van der Waals surface area contributed by atoms with Gasteiger partial charge in [0.1, 0.15) is 5.75 Å². The maximum Gasteiger partial charge on any atom is 0.525 e. The van der Waals surface area contributed by atoms with Crippen molar-refractivity contribution in [3.63, 3.8) is 0 Å². The second kappa shape index (κ2) is 10.3. The average Bonchev–Trinajstić information content (AvgIpc) is 3.28. The molecule has 0 amide bonds. The van der Waals surface area contributed by atoms with E-state index in [-0.39, 0.29) is 12.5 Å². The van der Waals surface area contributed by atoms with Gasteiger partial charge in [0.25, 0.3) is 0 Å². The molecule has 172 valence electrons. The molecule has 2 N–H and O–H groups in total. The minimum absolute atomic E-state index is 0.0694. The summed E-state index contributed by atoms with van der Waals surface area (Å²) in [6.07, 6.45) is 0.0275.